The molecule has 0 spiro atoms. The lowest BCUT2D eigenvalue weighted by atomic mass is 10.00. The molecule has 2 aromatic rings. The van der Waals surface area contributed by atoms with Crippen molar-refractivity contribution in [2.75, 3.05) is 13.2 Å². The van der Waals surface area contributed by atoms with Crippen molar-refractivity contribution in [2.45, 2.75) is 55.2 Å². The molecule has 1 aromatic carbocycles. The van der Waals surface area contributed by atoms with E-state index < -0.39 is 96.0 Å². The average Bonchev–Trinajstić information content (AvgIpc) is 3.20. The zero-order valence-corrected chi connectivity index (χ0v) is 23.0. The molecule has 0 radical (unpaired) electrons. The zero-order valence-electron chi connectivity index (χ0n) is 21.2. The molecule has 42 heavy (non-hydrogen) atoms. The van der Waals surface area contributed by atoms with Crippen LogP contribution in [0.15, 0.2) is 46.1 Å². The monoisotopic (exact) mass is 644 g/mol. The number of aromatic amines is 1. The van der Waals surface area contributed by atoms with Crippen LogP contribution in [0.2, 0.25) is 0 Å². The van der Waals surface area contributed by atoms with Gasteiger partial charge in [-0.2, -0.15) is 19.6 Å². The topological polar surface area (TPSA) is 303 Å². The Kier molecular flexibility index (Phi) is 10.3. The molecule has 0 amide bonds. The molecule has 2 aliphatic rings. The summed E-state index contributed by atoms with van der Waals surface area (Å²) in [6.45, 7) is -1.83. The molecule has 0 bridgehead atoms. The number of benzene rings is 1. The van der Waals surface area contributed by atoms with Crippen LogP contribution < -0.4 is 11.2 Å². The maximum atomic E-state index is 12.5. The lowest BCUT2D eigenvalue weighted by molar-refractivity contribution is -0.282. The van der Waals surface area contributed by atoms with Gasteiger partial charge in [0.05, 0.1) is 16.5 Å². The predicted octanol–water partition coefficient (Wildman–Crippen LogP) is -4.00. The van der Waals surface area contributed by atoms with Crippen LogP contribution in [0.4, 0.5) is 0 Å². The van der Waals surface area contributed by atoms with Gasteiger partial charge in [0, 0.05) is 6.20 Å². The molecule has 234 valence electrons. The van der Waals surface area contributed by atoms with Crippen molar-refractivity contribution in [3.8, 4) is 11.1 Å². The van der Waals surface area contributed by atoms with E-state index in [9.17, 15) is 59.8 Å². The molecule has 2 aliphatic heterocycles. The smallest absolute Gasteiger partial charge is 0.394 e. The maximum Gasteiger partial charge on any atom is 0.622 e. The number of aromatic nitrogens is 2. The highest BCUT2D eigenvalue weighted by molar-refractivity contribution is 7.68. The van der Waals surface area contributed by atoms with E-state index in [0.29, 0.717) is 5.56 Å². The maximum absolute atomic E-state index is 12.5. The summed E-state index contributed by atoms with van der Waals surface area (Å²) in [7, 11) is -10.5. The Morgan fingerprint density at radius 2 is 1.48 bits per heavy atom. The highest BCUT2D eigenvalue weighted by Gasteiger charge is 2.64. The van der Waals surface area contributed by atoms with E-state index in [-0.39, 0.29) is 5.56 Å². The van der Waals surface area contributed by atoms with Crippen molar-refractivity contribution in [1.29, 1.82) is 0 Å². The lowest BCUT2D eigenvalue weighted by Gasteiger charge is -2.38. The lowest BCUT2D eigenvalue weighted by Crippen LogP contribution is -2.59. The summed E-state index contributed by atoms with van der Waals surface area (Å²) in [5, 5.41) is 59.7. The molecule has 1 aromatic heterocycles. The minimum Gasteiger partial charge on any atom is -0.394 e. The third-order valence-electron chi connectivity index (χ3n) is 6.37. The first-order valence-corrected chi connectivity index (χ1v) is 15.2. The van der Waals surface area contributed by atoms with Crippen molar-refractivity contribution in [3.63, 3.8) is 0 Å². The predicted molar refractivity (Wildman–Crippen MR) is 137 cm³/mol. The van der Waals surface area contributed by atoms with E-state index in [1.807, 2.05) is 0 Å². The van der Waals surface area contributed by atoms with Crippen LogP contribution >= 0.6 is 16.3 Å². The molecular weight excluding hydrogens is 614 g/mol. The van der Waals surface area contributed by atoms with Gasteiger partial charge < -0.3 is 40.1 Å². The van der Waals surface area contributed by atoms with E-state index >= 15 is 0 Å². The Morgan fingerprint density at radius 3 is 2.12 bits per heavy atom. The van der Waals surface area contributed by atoms with Gasteiger partial charge in [0.15, 0.2) is 6.23 Å². The zero-order chi connectivity index (χ0) is 31.0. The van der Waals surface area contributed by atoms with Gasteiger partial charge in [0.1, 0.15) is 49.3 Å². The molecule has 3 heterocycles. The quantitative estimate of drug-likeness (QED) is 0.110. The summed E-state index contributed by atoms with van der Waals surface area (Å²) >= 11 is 0. The van der Waals surface area contributed by atoms with Gasteiger partial charge in [-0.3, -0.25) is 14.3 Å². The number of ether oxygens (including phenoxy) is 2. The van der Waals surface area contributed by atoms with Gasteiger partial charge in [0.2, 0.25) is 6.29 Å². The van der Waals surface area contributed by atoms with Gasteiger partial charge in [-0.05, 0) is 5.56 Å². The highest BCUT2D eigenvalue weighted by atomic mass is 31.3. The van der Waals surface area contributed by atoms with E-state index in [1.54, 1.807) is 30.3 Å². The van der Waals surface area contributed by atoms with Crippen LogP contribution in [0.1, 0.15) is 6.23 Å². The Bertz CT molecular complexity index is 1320. The highest BCUT2D eigenvalue weighted by Crippen LogP contribution is 2.70. The van der Waals surface area contributed by atoms with Gasteiger partial charge >= 0.3 is 22.0 Å². The fourth-order valence-corrected chi connectivity index (χ4v) is 6.47. The van der Waals surface area contributed by atoms with Crippen LogP contribution in [-0.2, 0) is 22.8 Å². The Morgan fingerprint density at radius 1 is 0.833 bits per heavy atom. The van der Waals surface area contributed by atoms with Gasteiger partial charge in [-0.1, -0.05) is 30.3 Å². The number of H-pyrrole nitrogens is 1. The second-order valence-electron chi connectivity index (χ2n) is 9.28. The van der Waals surface area contributed by atoms with Gasteiger partial charge in [-0.15, -0.1) is 9.05 Å². The first kappa shape index (κ1) is 33.1. The molecule has 2 fully saturated rings. The molecule has 4 rings (SSSR count). The molecule has 19 nitrogen and oxygen atoms in total. The van der Waals surface area contributed by atoms with Crippen molar-refractivity contribution in [1.82, 2.24) is 9.55 Å². The molecule has 9 atom stereocenters. The number of hydrogen-bond donors (Lipinski definition) is 11. The Balaban J connectivity index is 1.41. The first-order valence-electron chi connectivity index (χ1n) is 12.1. The molecule has 11 N–H and O–H groups in total. The second-order valence-corrected chi connectivity index (χ2v) is 12.4. The Hall–Kier alpha value is -1.84. The van der Waals surface area contributed by atoms with E-state index in [4.69, 9.17) is 14.0 Å². The van der Waals surface area contributed by atoms with E-state index in [0.717, 1.165) is 10.8 Å². The second kappa shape index (κ2) is 13.0. The minimum absolute atomic E-state index is 0.0369. The summed E-state index contributed by atoms with van der Waals surface area (Å²) in [4.78, 5) is 67.2. The summed E-state index contributed by atoms with van der Waals surface area (Å²) in [6, 6.07) is 8.18. The molecular formula is C21H30N2O17P2+2. The third kappa shape index (κ3) is 7.27. The van der Waals surface area contributed by atoms with Crippen LogP contribution in [0, 0.1) is 0 Å². The SMILES string of the molecule is O=c1[nH]c(=O)n([C@@H]2O[C@H](CO[P+](O)(O)O[P+](O)(O)O[C@H]3O[C@H](CO)[C@H](O)[C@H](O)[C@H]3O)[C@@H](O)[C@H]2O)cc1-c1ccccc1. The number of aliphatic hydroxyl groups is 6. The molecule has 2 saturated heterocycles. The van der Waals surface area contributed by atoms with Crippen LogP contribution in [0.3, 0.4) is 0 Å². The van der Waals surface area contributed by atoms with E-state index in [1.165, 1.54) is 0 Å². The average molecular weight is 644 g/mol. The summed E-state index contributed by atoms with van der Waals surface area (Å²) in [6.07, 6.45) is -15.1. The summed E-state index contributed by atoms with van der Waals surface area (Å²) in [5.74, 6) is 0. The Labute approximate surface area is 236 Å². The number of rotatable bonds is 10. The number of nitrogens with zero attached hydrogens (tertiary/aromatic N) is 1. The number of hydrogen-bond acceptors (Lipinski definition) is 17. The van der Waals surface area contributed by atoms with Crippen LogP contribution in [0.25, 0.3) is 11.1 Å². The standard InChI is InChI=1S/C21H29N2O17P2/c24-7-11-13(25)15(27)17(29)20(38-11)39-42(34,35)40-41(32,33)36-8-12-14(26)16(28)19(37-12)23-6-10(18(30)22-21(23)31)9-4-2-1-3-5-9/h1-6,11-17,19-20,24-29,32-35H,7-8H2/q+1/p+1/t11-,12-,13+,14-,15+,16-,17-,19-,20-/m1/s1. The molecule has 0 aliphatic carbocycles. The minimum atomic E-state index is -5.31. The molecule has 0 saturated carbocycles. The van der Waals surface area contributed by atoms with Gasteiger partial charge in [-0.25, -0.2) is 4.79 Å². The van der Waals surface area contributed by atoms with Crippen molar-refractivity contribution < 1.29 is 73.0 Å². The number of aliphatic hydroxyl groups excluding tert-OH is 6. The fourth-order valence-electron chi connectivity index (χ4n) is 4.24. The summed E-state index contributed by atoms with van der Waals surface area (Å²) < 4.78 is 24.9. The summed E-state index contributed by atoms with van der Waals surface area (Å²) in [5.41, 5.74) is -1.26. The fraction of sp³-hybridized carbons (Fsp3) is 0.524. The van der Waals surface area contributed by atoms with Crippen LogP contribution in [0.5, 0.6) is 0 Å². The van der Waals surface area contributed by atoms with Crippen molar-refractivity contribution in [3.05, 3.63) is 57.4 Å². The van der Waals surface area contributed by atoms with Crippen LogP contribution in [-0.4, -0.2) is 122 Å². The van der Waals surface area contributed by atoms with Crippen molar-refractivity contribution in [2.24, 2.45) is 0 Å². The first-order chi connectivity index (χ1) is 19.6. The third-order valence-corrected chi connectivity index (χ3v) is 9.04. The normalized spacial score (nSPS) is 32.3. The van der Waals surface area contributed by atoms with Crippen molar-refractivity contribution >= 4 is 16.3 Å². The van der Waals surface area contributed by atoms with Gasteiger partial charge in [0.25, 0.3) is 5.56 Å². The molecule has 21 heteroatoms. The van der Waals surface area contributed by atoms with E-state index in [2.05, 4.69) is 13.8 Å². The molecule has 0 unspecified atom stereocenters. The largest absolute Gasteiger partial charge is 0.622 e. The number of nitrogens with one attached hydrogen (secondary N) is 1.